The van der Waals surface area contributed by atoms with Crippen molar-refractivity contribution in [2.75, 3.05) is 6.54 Å². The molecule has 0 saturated heterocycles. The number of nitrogens with one attached hydrogen (secondary N) is 1. The van der Waals surface area contributed by atoms with Crippen molar-refractivity contribution >= 4 is 11.5 Å². The fraction of sp³-hybridized carbons (Fsp3) is 0.471. The highest BCUT2D eigenvalue weighted by Crippen LogP contribution is 2.26. The van der Waals surface area contributed by atoms with E-state index in [9.17, 15) is 4.79 Å². The molecule has 0 heterocycles. The van der Waals surface area contributed by atoms with Crippen LogP contribution in [0, 0.1) is 5.92 Å². The summed E-state index contributed by atoms with van der Waals surface area (Å²) in [7, 11) is 0. The lowest BCUT2D eigenvalue weighted by molar-refractivity contribution is -0.116. The third-order valence-electron chi connectivity index (χ3n) is 3.90. The average Bonchev–Trinajstić information content (AvgIpc) is 2.93. The Morgan fingerprint density at radius 1 is 1.26 bits per heavy atom. The first kappa shape index (κ1) is 13.9. The van der Waals surface area contributed by atoms with Gasteiger partial charge in [0.25, 0.3) is 0 Å². The first-order chi connectivity index (χ1) is 9.25. The molecule has 0 bridgehead atoms. The second kappa shape index (κ2) is 7.13. The highest BCUT2D eigenvalue weighted by Gasteiger charge is 2.14. The predicted octanol–water partition coefficient (Wildman–Crippen LogP) is 3.79. The van der Waals surface area contributed by atoms with Crippen LogP contribution in [0.5, 0.6) is 0 Å². The van der Waals surface area contributed by atoms with Crippen molar-refractivity contribution < 1.29 is 4.79 Å². The molecule has 1 aromatic carbocycles. The van der Waals surface area contributed by atoms with Crippen molar-refractivity contribution in [1.29, 1.82) is 0 Å². The van der Waals surface area contributed by atoms with E-state index in [2.05, 4.69) is 5.32 Å². The molecule has 0 aliphatic heterocycles. The van der Waals surface area contributed by atoms with Crippen LogP contribution in [-0.4, -0.2) is 12.5 Å². The molecule has 1 fully saturated rings. The molecule has 0 unspecified atom stereocenters. The maximum Gasteiger partial charge on any atom is 0.244 e. The monoisotopic (exact) mass is 257 g/mol. The van der Waals surface area contributed by atoms with Crippen LogP contribution in [0.2, 0.25) is 0 Å². The van der Waals surface area contributed by atoms with Gasteiger partial charge < -0.3 is 5.32 Å². The topological polar surface area (TPSA) is 29.1 Å². The fourth-order valence-corrected chi connectivity index (χ4v) is 2.73. The molecule has 2 nitrogen and oxygen atoms in total. The van der Waals surface area contributed by atoms with Gasteiger partial charge in [-0.3, -0.25) is 4.79 Å². The Bertz CT molecular complexity index is 430. The summed E-state index contributed by atoms with van der Waals surface area (Å²) in [4.78, 5) is 11.8. The Balaban J connectivity index is 1.76. The van der Waals surface area contributed by atoms with Crippen molar-refractivity contribution in [2.24, 2.45) is 5.92 Å². The summed E-state index contributed by atoms with van der Waals surface area (Å²) in [6.45, 7) is 2.79. The predicted molar refractivity (Wildman–Crippen MR) is 79.7 cm³/mol. The van der Waals surface area contributed by atoms with Gasteiger partial charge >= 0.3 is 0 Å². The molecule has 0 atom stereocenters. The fourth-order valence-electron chi connectivity index (χ4n) is 2.73. The van der Waals surface area contributed by atoms with Crippen molar-refractivity contribution in [2.45, 2.75) is 39.0 Å². The second-order valence-electron chi connectivity index (χ2n) is 5.42. The third-order valence-corrected chi connectivity index (χ3v) is 3.90. The molecule has 0 radical (unpaired) electrons. The standard InChI is InChI=1S/C17H23NO/c1-14(16-9-3-2-4-10-16)13-17(19)18-12-11-15-7-5-6-8-15/h2-4,9-10,13,15H,5-8,11-12H2,1H3,(H,18,19)/b14-13-. The summed E-state index contributed by atoms with van der Waals surface area (Å²) in [5.74, 6) is 0.860. The van der Waals surface area contributed by atoms with Gasteiger partial charge in [0.15, 0.2) is 0 Å². The molecule has 0 aromatic heterocycles. The maximum absolute atomic E-state index is 11.8. The molecule has 1 N–H and O–H groups in total. The van der Waals surface area contributed by atoms with Crippen LogP contribution in [0.15, 0.2) is 36.4 Å². The Labute approximate surface area is 115 Å². The van der Waals surface area contributed by atoms with Crippen molar-refractivity contribution in [1.82, 2.24) is 5.32 Å². The molecular weight excluding hydrogens is 234 g/mol. The Kier molecular flexibility index (Phi) is 5.20. The SMILES string of the molecule is C/C(=C/C(=O)NCCC1CCCC1)c1ccccc1. The molecule has 1 aromatic rings. The summed E-state index contributed by atoms with van der Waals surface area (Å²) >= 11 is 0. The van der Waals surface area contributed by atoms with Crippen LogP contribution < -0.4 is 5.32 Å². The normalized spacial score (nSPS) is 16.6. The second-order valence-corrected chi connectivity index (χ2v) is 5.42. The number of carbonyl (C=O) groups is 1. The van der Waals surface area contributed by atoms with Gasteiger partial charge in [-0.05, 0) is 30.4 Å². The minimum Gasteiger partial charge on any atom is -0.353 e. The summed E-state index contributed by atoms with van der Waals surface area (Å²) in [6, 6.07) is 10.0. The van der Waals surface area contributed by atoms with Crippen LogP contribution in [0.25, 0.3) is 5.57 Å². The number of amides is 1. The lowest BCUT2D eigenvalue weighted by Gasteiger charge is -2.09. The average molecular weight is 257 g/mol. The zero-order valence-corrected chi connectivity index (χ0v) is 11.7. The van der Waals surface area contributed by atoms with Crippen LogP contribution in [0.4, 0.5) is 0 Å². The number of allylic oxidation sites excluding steroid dienone is 1. The van der Waals surface area contributed by atoms with E-state index in [1.807, 2.05) is 37.3 Å². The van der Waals surface area contributed by atoms with Crippen LogP contribution in [-0.2, 0) is 4.79 Å². The number of hydrogen-bond acceptors (Lipinski definition) is 1. The molecule has 1 aliphatic rings. The van der Waals surface area contributed by atoms with E-state index in [0.29, 0.717) is 0 Å². The molecule has 0 spiro atoms. The zero-order valence-electron chi connectivity index (χ0n) is 11.7. The number of benzene rings is 1. The summed E-state index contributed by atoms with van der Waals surface area (Å²) in [5.41, 5.74) is 2.12. The van der Waals surface area contributed by atoms with Gasteiger partial charge in [0.2, 0.25) is 5.91 Å². The van der Waals surface area contributed by atoms with Gasteiger partial charge in [-0.2, -0.15) is 0 Å². The summed E-state index contributed by atoms with van der Waals surface area (Å²) < 4.78 is 0. The van der Waals surface area contributed by atoms with E-state index in [1.165, 1.54) is 25.7 Å². The van der Waals surface area contributed by atoms with E-state index < -0.39 is 0 Å². The molecule has 1 saturated carbocycles. The maximum atomic E-state index is 11.8. The van der Waals surface area contributed by atoms with Crippen molar-refractivity contribution in [3.8, 4) is 0 Å². The first-order valence-electron chi connectivity index (χ1n) is 7.27. The van der Waals surface area contributed by atoms with Gasteiger partial charge in [-0.15, -0.1) is 0 Å². The molecule has 1 aliphatic carbocycles. The Morgan fingerprint density at radius 3 is 2.63 bits per heavy atom. The smallest absolute Gasteiger partial charge is 0.244 e. The quantitative estimate of drug-likeness (QED) is 0.799. The molecule has 2 rings (SSSR count). The van der Waals surface area contributed by atoms with E-state index >= 15 is 0 Å². The van der Waals surface area contributed by atoms with E-state index in [0.717, 1.165) is 30.0 Å². The van der Waals surface area contributed by atoms with Crippen LogP contribution >= 0.6 is 0 Å². The van der Waals surface area contributed by atoms with Crippen molar-refractivity contribution in [3.63, 3.8) is 0 Å². The summed E-state index contributed by atoms with van der Waals surface area (Å²) in [5, 5.41) is 2.99. The van der Waals surface area contributed by atoms with Gasteiger partial charge in [-0.1, -0.05) is 56.0 Å². The molecule has 19 heavy (non-hydrogen) atoms. The van der Waals surface area contributed by atoms with Crippen molar-refractivity contribution in [3.05, 3.63) is 42.0 Å². The minimum absolute atomic E-state index is 0.0272. The largest absolute Gasteiger partial charge is 0.353 e. The minimum atomic E-state index is 0.0272. The third kappa shape index (κ3) is 4.55. The summed E-state index contributed by atoms with van der Waals surface area (Å²) in [6.07, 6.45) is 8.24. The lowest BCUT2D eigenvalue weighted by atomic mass is 10.0. The van der Waals surface area contributed by atoms with E-state index in [1.54, 1.807) is 6.08 Å². The van der Waals surface area contributed by atoms with Gasteiger partial charge in [0.05, 0.1) is 0 Å². The number of carbonyl (C=O) groups excluding carboxylic acids is 1. The van der Waals surface area contributed by atoms with E-state index in [-0.39, 0.29) is 5.91 Å². The lowest BCUT2D eigenvalue weighted by Crippen LogP contribution is -2.23. The molecule has 1 amide bonds. The highest BCUT2D eigenvalue weighted by atomic mass is 16.1. The highest BCUT2D eigenvalue weighted by molar-refractivity contribution is 5.94. The van der Waals surface area contributed by atoms with Gasteiger partial charge in [0, 0.05) is 12.6 Å². The Hall–Kier alpha value is -1.57. The first-order valence-corrected chi connectivity index (χ1v) is 7.27. The zero-order chi connectivity index (χ0) is 13.5. The van der Waals surface area contributed by atoms with Gasteiger partial charge in [0.1, 0.15) is 0 Å². The van der Waals surface area contributed by atoms with Crippen LogP contribution in [0.1, 0.15) is 44.6 Å². The van der Waals surface area contributed by atoms with E-state index in [4.69, 9.17) is 0 Å². The number of hydrogen-bond donors (Lipinski definition) is 1. The molecule has 2 heteroatoms. The molecule has 102 valence electrons. The van der Waals surface area contributed by atoms with Gasteiger partial charge in [-0.25, -0.2) is 0 Å². The Morgan fingerprint density at radius 2 is 1.95 bits per heavy atom. The number of rotatable bonds is 5. The molecular formula is C17H23NO. The van der Waals surface area contributed by atoms with Crippen LogP contribution in [0.3, 0.4) is 0 Å².